The van der Waals surface area contributed by atoms with Gasteiger partial charge in [0.1, 0.15) is 5.75 Å². The fourth-order valence-electron chi connectivity index (χ4n) is 2.99. The molecule has 8 heteroatoms. The van der Waals surface area contributed by atoms with Crippen molar-refractivity contribution in [2.45, 2.75) is 6.92 Å². The molecule has 8 nitrogen and oxygen atoms in total. The Morgan fingerprint density at radius 2 is 1.64 bits per heavy atom. The van der Waals surface area contributed by atoms with Gasteiger partial charge in [-0.25, -0.2) is 9.97 Å². The third-order valence-electron chi connectivity index (χ3n) is 4.53. The maximum atomic E-state index is 12.8. The molecule has 0 N–H and O–H groups in total. The van der Waals surface area contributed by atoms with Crippen molar-refractivity contribution in [3.63, 3.8) is 0 Å². The summed E-state index contributed by atoms with van der Waals surface area (Å²) in [4.78, 5) is 24.8. The fraction of sp³-hybridized carbons (Fsp3) is 0.250. The second kappa shape index (κ2) is 7.99. The van der Waals surface area contributed by atoms with Crippen molar-refractivity contribution in [3.8, 4) is 11.8 Å². The second-order valence-corrected chi connectivity index (χ2v) is 6.47. The molecule has 0 radical (unpaired) electrons. The first-order valence-corrected chi connectivity index (χ1v) is 9.08. The molecule has 1 amide bonds. The van der Waals surface area contributed by atoms with Crippen LogP contribution < -0.4 is 9.64 Å². The molecule has 0 saturated carbocycles. The van der Waals surface area contributed by atoms with Gasteiger partial charge in [-0.3, -0.25) is 4.79 Å². The molecule has 3 aromatic rings. The topological polar surface area (TPSA) is 84.3 Å². The minimum Gasteiger partial charge on any atom is -0.424 e. The predicted molar refractivity (Wildman–Crippen MR) is 103 cm³/mol. The Kier molecular flexibility index (Phi) is 5.09. The van der Waals surface area contributed by atoms with E-state index in [0.717, 1.165) is 24.6 Å². The number of anilines is 1. The Hall–Kier alpha value is -3.55. The maximum absolute atomic E-state index is 12.8. The molecule has 1 aromatic carbocycles. The van der Waals surface area contributed by atoms with Gasteiger partial charge in [0.25, 0.3) is 5.91 Å². The lowest BCUT2D eigenvalue weighted by Crippen LogP contribution is -2.49. The quantitative estimate of drug-likeness (QED) is 0.691. The first-order valence-electron chi connectivity index (χ1n) is 9.08. The summed E-state index contributed by atoms with van der Waals surface area (Å²) in [6.07, 6.45) is 3.23. The average Bonchev–Trinajstić information content (AvgIpc) is 2.75. The molecule has 3 heterocycles. The second-order valence-electron chi connectivity index (χ2n) is 6.47. The van der Waals surface area contributed by atoms with Gasteiger partial charge >= 0.3 is 6.01 Å². The van der Waals surface area contributed by atoms with Crippen LogP contribution in [-0.2, 0) is 0 Å². The van der Waals surface area contributed by atoms with Crippen molar-refractivity contribution < 1.29 is 9.53 Å². The van der Waals surface area contributed by atoms with Crippen molar-refractivity contribution in [2.75, 3.05) is 31.1 Å². The fourth-order valence-corrected chi connectivity index (χ4v) is 2.99. The summed E-state index contributed by atoms with van der Waals surface area (Å²) in [6, 6.07) is 12.9. The third-order valence-corrected chi connectivity index (χ3v) is 4.53. The number of ether oxygens (including phenoxy) is 1. The molecule has 1 aliphatic rings. The highest BCUT2D eigenvalue weighted by Gasteiger charge is 2.23. The van der Waals surface area contributed by atoms with Crippen LogP contribution in [0.4, 0.5) is 5.82 Å². The van der Waals surface area contributed by atoms with Gasteiger partial charge in [0.2, 0.25) is 0 Å². The Balaban J connectivity index is 1.35. The summed E-state index contributed by atoms with van der Waals surface area (Å²) in [5, 5.41) is 8.32. The number of hydrogen-bond donors (Lipinski definition) is 0. The molecule has 1 aliphatic heterocycles. The number of amides is 1. The van der Waals surface area contributed by atoms with Crippen LogP contribution in [0.25, 0.3) is 0 Å². The molecular formula is C20H20N6O2. The molecule has 142 valence electrons. The summed E-state index contributed by atoms with van der Waals surface area (Å²) >= 11 is 0. The van der Waals surface area contributed by atoms with E-state index in [2.05, 4.69) is 25.1 Å². The van der Waals surface area contributed by atoms with Crippen molar-refractivity contribution in [3.05, 3.63) is 66.1 Å². The first kappa shape index (κ1) is 17.8. The summed E-state index contributed by atoms with van der Waals surface area (Å²) in [5.74, 6) is 1.45. The zero-order valence-corrected chi connectivity index (χ0v) is 15.5. The minimum atomic E-state index is 0.0113. The van der Waals surface area contributed by atoms with E-state index in [4.69, 9.17) is 4.74 Å². The normalized spacial score (nSPS) is 14.0. The maximum Gasteiger partial charge on any atom is 0.321 e. The van der Waals surface area contributed by atoms with Gasteiger partial charge in [-0.15, -0.1) is 5.10 Å². The molecule has 0 spiro atoms. The van der Waals surface area contributed by atoms with E-state index in [1.807, 2.05) is 24.0 Å². The molecule has 0 bridgehead atoms. The van der Waals surface area contributed by atoms with Crippen molar-refractivity contribution >= 4 is 11.7 Å². The number of aromatic nitrogens is 4. The highest BCUT2D eigenvalue weighted by Crippen LogP contribution is 2.19. The van der Waals surface area contributed by atoms with E-state index in [1.54, 1.807) is 42.7 Å². The van der Waals surface area contributed by atoms with Crippen LogP contribution in [0.1, 0.15) is 16.1 Å². The highest BCUT2D eigenvalue weighted by molar-refractivity contribution is 5.94. The van der Waals surface area contributed by atoms with E-state index in [9.17, 15) is 4.79 Å². The monoisotopic (exact) mass is 376 g/mol. The standard InChI is InChI=1S/C20H20N6O2/c1-15-3-8-18(24-23-15)25-11-13-26(14-12-25)19(27)16-4-6-17(7-5-16)28-20-21-9-2-10-22-20/h2-10H,11-14H2,1H3. The lowest BCUT2D eigenvalue weighted by Gasteiger charge is -2.35. The van der Waals surface area contributed by atoms with Crippen molar-refractivity contribution in [2.24, 2.45) is 0 Å². The molecule has 1 saturated heterocycles. The molecule has 0 unspecified atom stereocenters. The summed E-state index contributed by atoms with van der Waals surface area (Å²) in [7, 11) is 0. The molecule has 0 atom stereocenters. The predicted octanol–water partition coefficient (Wildman–Crippen LogP) is 2.33. The Bertz CT molecular complexity index is 923. The molecule has 2 aromatic heterocycles. The Morgan fingerprint density at radius 1 is 0.929 bits per heavy atom. The smallest absolute Gasteiger partial charge is 0.321 e. The van der Waals surface area contributed by atoms with Crippen LogP contribution in [-0.4, -0.2) is 57.2 Å². The van der Waals surface area contributed by atoms with E-state index >= 15 is 0 Å². The van der Waals surface area contributed by atoms with Crippen LogP contribution in [0.2, 0.25) is 0 Å². The summed E-state index contributed by atoms with van der Waals surface area (Å²) in [5.41, 5.74) is 1.52. The lowest BCUT2D eigenvalue weighted by molar-refractivity contribution is 0.0746. The molecule has 28 heavy (non-hydrogen) atoms. The number of carbonyl (C=O) groups is 1. The number of carbonyl (C=O) groups excluding carboxylic acids is 1. The number of benzene rings is 1. The van der Waals surface area contributed by atoms with Crippen LogP contribution in [0, 0.1) is 6.92 Å². The van der Waals surface area contributed by atoms with E-state index in [1.165, 1.54) is 0 Å². The van der Waals surface area contributed by atoms with Crippen LogP contribution in [0.5, 0.6) is 11.8 Å². The largest absolute Gasteiger partial charge is 0.424 e. The SMILES string of the molecule is Cc1ccc(N2CCN(C(=O)c3ccc(Oc4ncccn4)cc3)CC2)nn1. The molecule has 0 aliphatic carbocycles. The Labute approximate surface area is 162 Å². The van der Waals surface area contributed by atoms with Crippen LogP contribution in [0.15, 0.2) is 54.9 Å². The van der Waals surface area contributed by atoms with Gasteiger partial charge < -0.3 is 14.5 Å². The van der Waals surface area contributed by atoms with Crippen LogP contribution in [0.3, 0.4) is 0 Å². The van der Waals surface area contributed by atoms with Gasteiger partial charge in [-0.1, -0.05) is 0 Å². The van der Waals surface area contributed by atoms with Gasteiger partial charge in [0, 0.05) is 44.1 Å². The third kappa shape index (κ3) is 4.06. The zero-order valence-electron chi connectivity index (χ0n) is 15.5. The molecule has 4 rings (SSSR count). The van der Waals surface area contributed by atoms with Gasteiger partial charge in [0.15, 0.2) is 5.82 Å². The number of hydrogen-bond acceptors (Lipinski definition) is 7. The van der Waals surface area contributed by atoms with Crippen molar-refractivity contribution in [1.82, 2.24) is 25.1 Å². The van der Waals surface area contributed by atoms with Gasteiger partial charge in [-0.2, -0.15) is 5.10 Å². The summed E-state index contributed by atoms with van der Waals surface area (Å²) < 4.78 is 5.56. The number of nitrogens with zero attached hydrogens (tertiary/aromatic N) is 6. The number of aryl methyl sites for hydroxylation is 1. The van der Waals surface area contributed by atoms with Gasteiger partial charge in [-0.05, 0) is 49.4 Å². The Morgan fingerprint density at radius 3 is 2.29 bits per heavy atom. The van der Waals surface area contributed by atoms with Crippen molar-refractivity contribution in [1.29, 1.82) is 0 Å². The average molecular weight is 376 g/mol. The van der Waals surface area contributed by atoms with Crippen LogP contribution >= 0.6 is 0 Å². The number of rotatable bonds is 4. The zero-order chi connectivity index (χ0) is 19.3. The molecule has 1 fully saturated rings. The first-order chi connectivity index (χ1) is 13.7. The van der Waals surface area contributed by atoms with E-state index in [0.29, 0.717) is 24.4 Å². The number of piperazine rings is 1. The minimum absolute atomic E-state index is 0.0113. The lowest BCUT2D eigenvalue weighted by atomic mass is 10.1. The molecular weight excluding hydrogens is 356 g/mol. The summed E-state index contributed by atoms with van der Waals surface area (Å²) in [6.45, 7) is 4.66. The highest BCUT2D eigenvalue weighted by atomic mass is 16.5. The van der Waals surface area contributed by atoms with E-state index in [-0.39, 0.29) is 11.9 Å². The van der Waals surface area contributed by atoms with E-state index < -0.39 is 0 Å². The van der Waals surface area contributed by atoms with Gasteiger partial charge in [0.05, 0.1) is 5.69 Å².